The van der Waals surface area contributed by atoms with E-state index in [9.17, 15) is 9.18 Å². The molecule has 0 spiro atoms. The molecule has 0 aliphatic heterocycles. The van der Waals surface area contributed by atoms with Gasteiger partial charge in [-0.25, -0.2) is 4.39 Å². The van der Waals surface area contributed by atoms with E-state index in [1.807, 2.05) is 13.8 Å². The van der Waals surface area contributed by atoms with Gasteiger partial charge in [-0.15, -0.1) is 0 Å². The molecule has 2 nitrogen and oxygen atoms in total. The van der Waals surface area contributed by atoms with E-state index >= 15 is 0 Å². The van der Waals surface area contributed by atoms with Gasteiger partial charge in [-0.05, 0) is 31.0 Å². The maximum Gasteiger partial charge on any atom is 0.162 e. The summed E-state index contributed by atoms with van der Waals surface area (Å²) >= 11 is 0. The van der Waals surface area contributed by atoms with E-state index in [-0.39, 0.29) is 24.3 Å². The lowest BCUT2D eigenvalue weighted by atomic mass is 10.1. The van der Waals surface area contributed by atoms with Crippen molar-refractivity contribution in [3.05, 3.63) is 35.6 Å². The number of carbonyl (C=O) groups is 1. The second-order valence-corrected chi connectivity index (χ2v) is 3.87. The highest BCUT2D eigenvalue weighted by Crippen LogP contribution is 2.04. The van der Waals surface area contributed by atoms with Gasteiger partial charge >= 0.3 is 0 Å². The Balaban J connectivity index is 2.37. The molecule has 1 atom stereocenters. The summed E-state index contributed by atoms with van der Waals surface area (Å²) in [7, 11) is 0. The van der Waals surface area contributed by atoms with Crippen LogP contribution in [0, 0.1) is 5.82 Å². The number of carbonyl (C=O) groups excluding carboxylic acids is 1. The minimum absolute atomic E-state index is 0.0203. The van der Waals surface area contributed by atoms with Crippen molar-refractivity contribution in [2.24, 2.45) is 0 Å². The van der Waals surface area contributed by atoms with Gasteiger partial charge in [-0.2, -0.15) is 0 Å². The van der Waals surface area contributed by atoms with Gasteiger partial charge in [0.1, 0.15) is 12.4 Å². The van der Waals surface area contributed by atoms with E-state index in [4.69, 9.17) is 4.74 Å². The lowest BCUT2D eigenvalue weighted by molar-refractivity contribution is -0.124. The Kier molecular flexibility index (Phi) is 5.12. The van der Waals surface area contributed by atoms with Crippen molar-refractivity contribution < 1.29 is 13.9 Å². The van der Waals surface area contributed by atoms with Crippen LogP contribution in [0.25, 0.3) is 0 Å². The maximum atomic E-state index is 12.6. The molecule has 0 radical (unpaired) electrons. The molecular formula is C13H17FO2. The van der Waals surface area contributed by atoms with Gasteiger partial charge in [-0.1, -0.05) is 19.1 Å². The molecule has 1 aromatic rings. The summed E-state index contributed by atoms with van der Waals surface area (Å²) in [4.78, 5) is 11.5. The highest BCUT2D eigenvalue weighted by atomic mass is 19.1. The zero-order chi connectivity index (χ0) is 12.0. The molecule has 88 valence electrons. The zero-order valence-electron chi connectivity index (χ0n) is 9.70. The van der Waals surface area contributed by atoms with Crippen LogP contribution in [0.2, 0.25) is 0 Å². The summed E-state index contributed by atoms with van der Waals surface area (Å²) in [6, 6.07) is 5.96. The highest BCUT2D eigenvalue weighted by molar-refractivity contribution is 5.82. The topological polar surface area (TPSA) is 26.3 Å². The molecule has 1 aromatic carbocycles. The number of halogens is 1. The summed E-state index contributed by atoms with van der Waals surface area (Å²) in [5.41, 5.74) is 0.819. The Bertz CT molecular complexity index is 332. The standard InChI is InChI=1S/C13H17FO2/c1-3-10(2)16-9-13(15)8-11-4-6-12(14)7-5-11/h4-7,10H,3,8-9H2,1-2H3. The van der Waals surface area contributed by atoms with Crippen LogP contribution in [0.5, 0.6) is 0 Å². The molecule has 1 rings (SSSR count). The van der Waals surface area contributed by atoms with Crippen molar-refractivity contribution in [2.75, 3.05) is 6.61 Å². The van der Waals surface area contributed by atoms with Crippen LogP contribution in [0.3, 0.4) is 0 Å². The Morgan fingerprint density at radius 1 is 1.38 bits per heavy atom. The number of benzene rings is 1. The average Bonchev–Trinajstić information content (AvgIpc) is 2.29. The molecule has 0 bridgehead atoms. The lowest BCUT2D eigenvalue weighted by Gasteiger charge is -2.09. The SMILES string of the molecule is CCC(C)OCC(=O)Cc1ccc(F)cc1. The minimum Gasteiger partial charge on any atom is -0.371 e. The first kappa shape index (κ1) is 12.8. The van der Waals surface area contributed by atoms with E-state index in [1.165, 1.54) is 12.1 Å². The molecule has 1 unspecified atom stereocenters. The fourth-order valence-electron chi connectivity index (χ4n) is 1.23. The molecule has 0 saturated carbocycles. The Morgan fingerprint density at radius 2 is 2.00 bits per heavy atom. The Hall–Kier alpha value is -1.22. The first-order chi connectivity index (χ1) is 7.61. The number of ether oxygens (including phenoxy) is 1. The fraction of sp³-hybridized carbons (Fsp3) is 0.462. The normalized spacial score (nSPS) is 12.4. The molecule has 0 fully saturated rings. The van der Waals surface area contributed by atoms with Crippen LogP contribution < -0.4 is 0 Å². The molecule has 0 aromatic heterocycles. The third kappa shape index (κ3) is 4.53. The van der Waals surface area contributed by atoms with E-state index in [1.54, 1.807) is 12.1 Å². The number of ketones is 1. The first-order valence-corrected chi connectivity index (χ1v) is 5.49. The summed E-state index contributed by atoms with van der Waals surface area (Å²) in [5.74, 6) is -0.265. The number of hydrogen-bond acceptors (Lipinski definition) is 2. The van der Waals surface area contributed by atoms with Crippen LogP contribution in [-0.4, -0.2) is 18.5 Å². The van der Waals surface area contributed by atoms with Crippen LogP contribution in [0.1, 0.15) is 25.8 Å². The summed E-state index contributed by atoms with van der Waals surface area (Å²) in [6.07, 6.45) is 1.30. The molecule has 0 N–H and O–H groups in total. The van der Waals surface area contributed by atoms with Crippen molar-refractivity contribution in [3.63, 3.8) is 0 Å². The van der Waals surface area contributed by atoms with Crippen molar-refractivity contribution >= 4 is 5.78 Å². The van der Waals surface area contributed by atoms with Gasteiger partial charge in [0.2, 0.25) is 0 Å². The summed E-state index contributed by atoms with van der Waals surface area (Å²) < 4.78 is 17.9. The van der Waals surface area contributed by atoms with E-state index in [0.29, 0.717) is 6.42 Å². The van der Waals surface area contributed by atoms with Crippen molar-refractivity contribution in [1.29, 1.82) is 0 Å². The van der Waals surface area contributed by atoms with Crippen molar-refractivity contribution in [3.8, 4) is 0 Å². The predicted molar refractivity (Wildman–Crippen MR) is 60.8 cm³/mol. The van der Waals surface area contributed by atoms with Crippen LogP contribution in [-0.2, 0) is 16.0 Å². The second-order valence-electron chi connectivity index (χ2n) is 3.87. The van der Waals surface area contributed by atoms with E-state index in [2.05, 4.69) is 0 Å². The quantitative estimate of drug-likeness (QED) is 0.742. The number of hydrogen-bond donors (Lipinski definition) is 0. The molecule has 0 amide bonds. The van der Waals surface area contributed by atoms with Gasteiger partial charge in [-0.3, -0.25) is 4.79 Å². The van der Waals surface area contributed by atoms with Gasteiger partial charge in [0, 0.05) is 6.42 Å². The summed E-state index contributed by atoms with van der Waals surface area (Å²) in [5, 5.41) is 0. The smallest absolute Gasteiger partial charge is 0.162 e. The molecule has 16 heavy (non-hydrogen) atoms. The third-order valence-electron chi connectivity index (χ3n) is 2.42. The van der Waals surface area contributed by atoms with E-state index < -0.39 is 0 Å². The molecule has 0 heterocycles. The molecule has 3 heteroatoms. The van der Waals surface area contributed by atoms with Gasteiger partial charge in [0.25, 0.3) is 0 Å². The van der Waals surface area contributed by atoms with Gasteiger partial charge in [0.05, 0.1) is 6.10 Å². The van der Waals surface area contributed by atoms with Gasteiger partial charge < -0.3 is 4.74 Å². The van der Waals surface area contributed by atoms with E-state index in [0.717, 1.165) is 12.0 Å². The van der Waals surface area contributed by atoms with Crippen LogP contribution in [0.4, 0.5) is 4.39 Å². The fourth-order valence-corrected chi connectivity index (χ4v) is 1.23. The minimum atomic E-state index is -0.285. The van der Waals surface area contributed by atoms with Crippen LogP contribution >= 0.6 is 0 Å². The zero-order valence-corrected chi connectivity index (χ0v) is 9.70. The summed E-state index contributed by atoms with van der Waals surface area (Å²) in [6.45, 7) is 4.08. The van der Waals surface area contributed by atoms with Gasteiger partial charge in [0.15, 0.2) is 5.78 Å². The van der Waals surface area contributed by atoms with Crippen molar-refractivity contribution in [1.82, 2.24) is 0 Å². The number of Topliss-reactive ketones (excluding diaryl/α,β-unsaturated/α-hetero) is 1. The Morgan fingerprint density at radius 3 is 2.56 bits per heavy atom. The first-order valence-electron chi connectivity index (χ1n) is 5.49. The van der Waals surface area contributed by atoms with Crippen molar-refractivity contribution in [2.45, 2.75) is 32.8 Å². The highest BCUT2D eigenvalue weighted by Gasteiger charge is 2.06. The van der Waals surface area contributed by atoms with Crippen LogP contribution in [0.15, 0.2) is 24.3 Å². The third-order valence-corrected chi connectivity index (χ3v) is 2.42. The predicted octanol–water partition coefficient (Wildman–Crippen LogP) is 2.75. The molecule has 0 saturated heterocycles. The molecule has 0 aliphatic rings. The monoisotopic (exact) mass is 224 g/mol. The number of rotatable bonds is 6. The Labute approximate surface area is 95.4 Å². The largest absolute Gasteiger partial charge is 0.371 e. The maximum absolute atomic E-state index is 12.6. The molecule has 0 aliphatic carbocycles. The average molecular weight is 224 g/mol. The molecular weight excluding hydrogens is 207 g/mol. The lowest BCUT2D eigenvalue weighted by Crippen LogP contribution is -2.16. The second kappa shape index (κ2) is 6.38.